The maximum Gasteiger partial charge on any atom is 0.136 e. The van der Waals surface area contributed by atoms with Crippen molar-refractivity contribution < 1.29 is 0 Å². The summed E-state index contributed by atoms with van der Waals surface area (Å²) in [7, 11) is 0. The Morgan fingerprint density at radius 3 is 0.889 bits per heavy atom. The Morgan fingerprint density at radius 1 is 0.778 bits per heavy atom. The summed E-state index contributed by atoms with van der Waals surface area (Å²) in [4.78, 5) is 0. The number of hydrogen-bond donors (Lipinski definition) is 0. The first-order chi connectivity index (χ1) is 4.06. The SMILES string of the molecule is ClC(Cl)=C(Cl)Cl.ClCCl. The molecule has 0 saturated heterocycles. The van der Waals surface area contributed by atoms with Crippen LogP contribution in [0.4, 0.5) is 0 Å². The van der Waals surface area contributed by atoms with Gasteiger partial charge in [-0.25, -0.2) is 0 Å². The van der Waals surface area contributed by atoms with Crippen molar-refractivity contribution >= 4 is 69.6 Å². The first kappa shape index (κ1) is 13.1. The van der Waals surface area contributed by atoms with Crippen LogP contribution in [0.3, 0.4) is 0 Å². The normalized spacial score (nSPS) is 7.33. The van der Waals surface area contributed by atoms with Crippen molar-refractivity contribution in [1.82, 2.24) is 0 Å². The molecule has 0 aliphatic heterocycles. The quantitative estimate of drug-likeness (QED) is 0.556. The number of hydrogen-bond acceptors (Lipinski definition) is 0. The predicted molar refractivity (Wildman–Crippen MR) is 47.0 cm³/mol. The van der Waals surface area contributed by atoms with Gasteiger partial charge in [-0.05, 0) is 0 Å². The van der Waals surface area contributed by atoms with E-state index < -0.39 is 0 Å². The third-order valence-corrected chi connectivity index (χ3v) is 1.29. The summed E-state index contributed by atoms with van der Waals surface area (Å²) in [5.74, 6) is 0. The molecule has 0 spiro atoms. The van der Waals surface area contributed by atoms with Crippen molar-refractivity contribution in [1.29, 1.82) is 0 Å². The molecule has 0 aliphatic carbocycles. The molecule has 9 heavy (non-hydrogen) atoms. The van der Waals surface area contributed by atoms with Crippen molar-refractivity contribution in [2.45, 2.75) is 0 Å². The average Bonchev–Trinajstić information content (AvgIpc) is 1.68. The van der Waals surface area contributed by atoms with Gasteiger partial charge in [-0.2, -0.15) is 0 Å². The van der Waals surface area contributed by atoms with Crippen LogP contribution in [-0.4, -0.2) is 5.34 Å². The molecule has 0 saturated carbocycles. The topological polar surface area (TPSA) is 0 Å². The molecule has 0 amide bonds. The minimum absolute atomic E-state index is 0.0988. The molecular weight excluding hydrogens is 249 g/mol. The smallest absolute Gasteiger partial charge is 0.109 e. The van der Waals surface area contributed by atoms with Crippen LogP contribution < -0.4 is 0 Å². The standard InChI is InChI=1S/C2Cl4.CH2Cl2/c3-1(4)2(5)6;2-1-3/h;1H2. The highest BCUT2D eigenvalue weighted by Crippen LogP contribution is 2.20. The van der Waals surface area contributed by atoms with E-state index in [-0.39, 0.29) is 14.3 Å². The Morgan fingerprint density at radius 2 is 0.889 bits per heavy atom. The van der Waals surface area contributed by atoms with Crippen LogP contribution in [0.15, 0.2) is 8.98 Å². The fourth-order valence-electron chi connectivity index (χ4n) is 0. The molecule has 0 bridgehead atoms. The first-order valence-corrected chi connectivity index (χ1v) is 4.12. The van der Waals surface area contributed by atoms with Crippen LogP contribution in [0.2, 0.25) is 0 Å². The summed E-state index contributed by atoms with van der Waals surface area (Å²) < 4.78 is -0.198. The molecule has 0 atom stereocenters. The Bertz CT molecular complexity index is 68.3. The van der Waals surface area contributed by atoms with E-state index in [1.165, 1.54) is 0 Å². The average molecular weight is 251 g/mol. The van der Waals surface area contributed by atoms with E-state index in [0.717, 1.165) is 0 Å². The lowest BCUT2D eigenvalue weighted by atomic mass is 11.2. The van der Waals surface area contributed by atoms with Crippen molar-refractivity contribution in [3.63, 3.8) is 0 Å². The van der Waals surface area contributed by atoms with E-state index in [1.807, 2.05) is 0 Å². The summed E-state index contributed by atoms with van der Waals surface area (Å²) in [6.07, 6.45) is 0. The van der Waals surface area contributed by atoms with E-state index in [0.29, 0.717) is 0 Å². The lowest BCUT2D eigenvalue weighted by Gasteiger charge is -1.75. The van der Waals surface area contributed by atoms with Gasteiger partial charge >= 0.3 is 0 Å². The lowest BCUT2D eigenvalue weighted by molar-refractivity contribution is 2.20. The highest BCUT2D eigenvalue weighted by Gasteiger charge is 1.88. The minimum Gasteiger partial charge on any atom is -0.109 e. The van der Waals surface area contributed by atoms with E-state index in [1.54, 1.807) is 0 Å². The highest BCUT2D eigenvalue weighted by atomic mass is 35.5. The first-order valence-electron chi connectivity index (χ1n) is 1.54. The molecule has 0 aromatic rings. The Labute approximate surface area is 83.6 Å². The summed E-state index contributed by atoms with van der Waals surface area (Å²) in [5.41, 5.74) is 0. The predicted octanol–water partition coefficient (Wildman–Crippen LogP) is 4.49. The van der Waals surface area contributed by atoms with Crippen molar-refractivity contribution in [3.05, 3.63) is 8.98 Å². The monoisotopic (exact) mass is 248 g/mol. The zero-order valence-corrected chi connectivity index (χ0v) is 8.51. The van der Waals surface area contributed by atoms with Crippen LogP contribution in [0.25, 0.3) is 0 Å². The van der Waals surface area contributed by atoms with Gasteiger partial charge in [0.15, 0.2) is 0 Å². The highest BCUT2D eigenvalue weighted by molar-refractivity contribution is 6.67. The Balaban J connectivity index is 0. The number of alkyl halides is 2. The lowest BCUT2D eigenvalue weighted by Crippen LogP contribution is -1.47. The van der Waals surface area contributed by atoms with Crippen LogP contribution >= 0.6 is 69.6 Å². The summed E-state index contributed by atoms with van der Waals surface area (Å²) in [6, 6.07) is 0. The molecule has 0 rings (SSSR count). The maximum absolute atomic E-state index is 4.99. The van der Waals surface area contributed by atoms with Crippen LogP contribution in [0, 0.1) is 0 Å². The van der Waals surface area contributed by atoms with Crippen LogP contribution in [0.5, 0.6) is 0 Å². The molecule has 56 valence electrons. The fourth-order valence-corrected chi connectivity index (χ4v) is 0. The molecular formula is C3H2Cl6. The molecule has 0 heterocycles. The van der Waals surface area contributed by atoms with Gasteiger partial charge in [0.2, 0.25) is 0 Å². The molecule has 0 aliphatic rings. The molecule has 0 unspecified atom stereocenters. The van der Waals surface area contributed by atoms with Crippen LogP contribution in [-0.2, 0) is 0 Å². The van der Waals surface area contributed by atoms with E-state index in [4.69, 9.17) is 69.6 Å². The van der Waals surface area contributed by atoms with E-state index in [9.17, 15) is 0 Å². The van der Waals surface area contributed by atoms with Gasteiger partial charge in [0.1, 0.15) is 8.98 Å². The second-order valence-electron chi connectivity index (χ2n) is 0.622. The molecule has 0 aromatic heterocycles. The molecule has 0 radical (unpaired) electrons. The second kappa shape index (κ2) is 9.48. The number of rotatable bonds is 0. The van der Waals surface area contributed by atoms with Gasteiger partial charge in [-0.3, -0.25) is 0 Å². The minimum atomic E-state index is -0.0988. The van der Waals surface area contributed by atoms with Gasteiger partial charge < -0.3 is 0 Å². The van der Waals surface area contributed by atoms with E-state index >= 15 is 0 Å². The third-order valence-electron chi connectivity index (χ3n) is 0.143. The van der Waals surface area contributed by atoms with Crippen LogP contribution in [0.1, 0.15) is 0 Å². The largest absolute Gasteiger partial charge is 0.136 e. The second-order valence-corrected chi connectivity index (χ2v) is 3.33. The van der Waals surface area contributed by atoms with E-state index in [2.05, 4.69) is 0 Å². The Hall–Kier alpha value is 1.48. The molecule has 0 N–H and O–H groups in total. The molecule has 6 heteroatoms. The van der Waals surface area contributed by atoms with Gasteiger partial charge in [-0.1, -0.05) is 46.4 Å². The number of halogens is 6. The van der Waals surface area contributed by atoms with Gasteiger partial charge in [0.25, 0.3) is 0 Å². The summed E-state index contributed by atoms with van der Waals surface area (Å²) in [6.45, 7) is 0. The van der Waals surface area contributed by atoms with Crippen molar-refractivity contribution in [3.8, 4) is 0 Å². The zero-order valence-electron chi connectivity index (χ0n) is 3.97. The van der Waals surface area contributed by atoms with Gasteiger partial charge in [0.05, 0.1) is 5.34 Å². The van der Waals surface area contributed by atoms with Crippen molar-refractivity contribution in [2.24, 2.45) is 0 Å². The fraction of sp³-hybridized carbons (Fsp3) is 0.333. The Kier molecular flexibility index (Phi) is 13.8. The van der Waals surface area contributed by atoms with Crippen molar-refractivity contribution in [2.75, 3.05) is 5.34 Å². The third kappa shape index (κ3) is 17.7. The zero-order chi connectivity index (χ0) is 7.86. The van der Waals surface area contributed by atoms with Gasteiger partial charge in [-0.15, -0.1) is 23.2 Å². The summed E-state index contributed by atoms with van der Waals surface area (Å²) in [5, 5.41) is 0.194. The molecule has 0 aromatic carbocycles. The van der Waals surface area contributed by atoms with Gasteiger partial charge in [0, 0.05) is 0 Å². The molecule has 0 fully saturated rings. The summed E-state index contributed by atoms with van der Waals surface area (Å²) >= 11 is 29.5. The molecule has 0 nitrogen and oxygen atoms in total. The maximum atomic E-state index is 4.99.